The topological polar surface area (TPSA) is 89.4 Å². The Hall–Kier alpha value is -3.68. The molecule has 1 aliphatic rings. The van der Waals surface area contributed by atoms with Gasteiger partial charge in [0.15, 0.2) is 5.69 Å². The normalized spacial score (nSPS) is 14.3. The van der Waals surface area contributed by atoms with Gasteiger partial charge in [0.2, 0.25) is 0 Å². The molecule has 0 spiro atoms. The van der Waals surface area contributed by atoms with Gasteiger partial charge in [-0.05, 0) is 62.1 Å². The Balaban J connectivity index is 1.35. The number of amides is 2. The van der Waals surface area contributed by atoms with E-state index in [1.54, 1.807) is 35.0 Å². The summed E-state index contributed by atoms with van der Waals surface area (Å²) in [7, 11) is 1.55. The van der Waals surface area contributed by atoms with Gasteiger partial charge in [-0.1, -0.05) is 23.4 Å². The SMILES string of the molecule is COc1ccccc1C(=O)NC1CCN(C(=O)c2cn(-c3ccc(C)c(C)c3)nn2)CC1. The van der Waals surface area contributed by atoms with E-state index in [1.807, 2.05) is 37.3 Å². The number of aryl methyl sites for hydroxylation is 2. The molecule has 0 radical (unpaired) electrons. The van der Waals surface area contributed by atoms with E-state index in [9.17, 15) is 9.59 Å². The number of piperidine rings is 1. The first-order valence-corrected chi connectivity index (χ1v) is 10.7. The summed E-state index contributed by atoms with van der Waals surface area (Å²) >= 11 is 0. The molecule has 2 heterocycles. The molecule has 32 heavy (non-hydrogen) atoms. The first-order valence-electron chi connectivity index (χ1n) is 10.7. The van der Waals surface area contributed by atoms with Gasteiger partial charge in [-0.2, -0.15) is 0 Å². The lowest BCUT2D eigenvalue weighted by atomic mass is 10.0. The highest BCUT2D eigenvalue weighted by Gasteiger charge is 2.27. The summed E-state index contributed by atoms with van der Waals surface area (Å²) < 4.78 is 6.90. The van der Waals surface area contributed by atoms with Gasteiger partial charge >= 0.3 is 0 Å². The lowest BCUT2D eigenvalue weighted by molar-refractivity contribution is 0.0692. The number of aromatic nitrogens is 3. The van der Waals surface area contributed by atoms with Crippen LogP contribution in [-0.4, -0.2) is 57.9 Å². The molecule has 0 saturated carbocycles. The Morgan fingerprint density at radius 2 is 1.81 bits per heavy atom. The number of carbonyl (C=O) groups excluding carboxylic acids is 2. The number of para-hydroxylation sites is 1. The van der Waals surface area contributed by atoms with Gasteiger partial charge in [0.1, 0.15) is 5.75 Å². The van der Waals surface area contributed by atoms with Crippen LogP contribution >= 0.6 is 0 Å². The zero-order valence-corrected chi connectivity index (χ0v) is 18.5. The molecule has 2 aromatic carbocycles. The van der Waals surface area contributed by atoms with Crippen molar-refractivity contribution in [1.29, 1.82) is 0 Å². The van der Waals surface area contributed by atoms with Crippen LogP contribution in [-0.2, 0) is 0 Å². The highest BCUT2D eigenvalue weighted by molar-refractivity contribution is 5.97. The van der Waals surface area contributed by atoms with Gasteiger partial charge < -0.3 is 15.0 Å². The van der Waals surface area contributed by atoms with E-state index in [0.29, 0.717) is 42.9 Å². The van der Waals surface area contributed by atoms with E-state index in [1.165, 1.54) is 5.56 Å². The molecular formula is C24H27N5O3. The molecule has 1 aliphatic heterocycles. The zero-order valence-electron chi connectivity index (χ0n) is 18.5. The summed E-state index contributed by atoms with van der Waals surface area (Å²) in [5.74, 6) is 0.239. The van der Waals surface area contributed by atoms with E-state index >= 15 is 0 Å². The molecule has 8 nitrogen and oxygen atoms in total. The fraction of sp³-hybridized carbons (Fsp3) is 0.333. The molecule has 0 unspecified atom stereocenters. The maximum atomic E-state index is 12.9. The van der Waals surface area contributed by atoms with Crippen molar-refractivity contribution in [2.75, 3.05) is 20.2 Å². The van der Waals surface area contributed by atoms with Crippen LogP contribution in [0.1, 0.15) is 44.8 Å². The number of benzene rings is 2. The molecular weight excluding hydrogens is 406 g/mol. The van der Waals surface area contributed by atoms with E-state index in [-0.39, 0.29) is 17.9 Å². The molecule has 166 valence electrons. The van der Waals surface area contributed by atoms with Gasteiger partial charge in [0, 0.05) is 19.1 Å². The molecule has 0 aliphatic carbocycles. The lowest BCUT2D eigenvalue weighted by Gasteiger charge is -2.32. The Kier molecular flexibility index (Phi) is 6.20. The predicted octanol–water partition coefficient (Wildman–Crippen LogP) is 2.93. The summed E-state index contributed by atoms with van der Waals surface area (Å²) in [6, 6.07) is 13.2. The minimum absolute atomic E-state index is 0.00248. The van der Waals surface area contributed by atoms with Crippen LogP contribution in [0, 0.1) is 13.8 Å². The molecule has 3 aromatic rings. The van der Waals surface area contributed by atoms with Crippen LogP contribution in [0.3, 0.4) is 0 Å². The van der Waals surface area contributed by atoms with Gasteiger partial charge in [-0.3, -0.25) is 9.59 Å². The smallest absolute Gasteiger partial charge is 0.276 e. The maximum absolute atomic E-state index is 12.9. The second-order valence-corrected chi connectivity index (χ2v) is 8.06. The number of ether oxygens (including phenoxy) is 1. The second-order valence-electron chi connectivity index (χ2n) is 8.06. The van der Waals surface area contributed by atoms with Crippen molar-refractivity contribution < 1.29 is 14.3 Å². The Morgan fingerprint density at radius 1 is 1.06 bits per heavy atom. The summed E-state index contributed by atoms with van der Waals surface area (Å²) in [6.45, 7) is 5.19. The molecule has 4 rings (SSSR count). The van der Waals surface area contributed by atoms with Gasteiger partial charge in [-0.15, -0.1) is 5.10 Å². The quantitative estimate of drug-likeness (QED) is 0.668. The fourth-order valence-corrected chi connectivity index (χ4v) is 3.84. The molecule has 2 amide bonds. The molecule has 1 aromatic heterocycles. The largest absolute Gasteiger partial charge is 0.496 e. The van der Waals surface area contributed by atoms with Crippen molar-refractivity contribution in [2.45, 2.75) is 32.7 Å². The van der Waals surface area contributed by atoms with E-state index in [4.69, 9.17) is 4.74 Å². The van der Waals surface area contributed by atoms with Crippen molar-refractivity contribution >= 4 is 11.8 Å². The first kappa shape index (κ1) is 21.5. The van der Waals surface area contributed by atoms with Gasteiger partial charge in [0.05, 0.1) is 24.6 Å². The minimum atomic E-state index is -0.163. The van der Waals surface area contributed by atoms with Crippen molar-refractivity contribution in [3.63, 3.8) is 0 Å². The molecule has 8 heteroatoms. The number of rotatable bonds is 5. The number of carbonyl (C=O) groups is 2. The third-order valence-electron chi connectivity index (χ3n) is 5.94. The van der Waals surface area contributed by atoms with Crippen LogP contribution in [0.5, 0.6) is 5.75 Å². The number of hydrogen-bond acceptors (Lipinski definition) is 5. The number of methoxy groups -OCH3 is 1. The third kappa shape index (κ3) is 4.49. The average Bonchev–Trinajstić information content (AvgIpc) is 3.31. The van der Waals surface area contributed by atoms with Crippen LogP contribution in [0.2, 0.25) is 0 Å². The maximum Gasteiger partial charge on any atom is 0.276 e. The molecule has 1 N–H and O–H groups in total. The second kappa shape index (κ2) is 9.21. The molecule has 0 bridgehead atoms. The van der Waals surface area contributed by atoms with Crippen molar-refractivity contribution in [2.24, 2.45) is 0 Å². The number of nitrogens with one attached hydrogen (secondary N) is 1. The predicted molar refractivity (Wildman–Crippen MR) is 120 cm³/mol. The van der Waals surface area contributed by atoms with E-state index < -0.39 is 0 Å². The van der Waals surface area contributed by atoms with E-state index in [2.05, 4.69) is 22.6 Å². The highest BCUT2D eigenvalue weighted by Crippen LogP contribution is 2.19. The Bertz CT molecular complexity index is 1130. The Morgan fingerprint density at radius 3 is 2.53 bits per heavy atom. The van der Waals surface area contributed by atoms with Gasteiger partial charge in [-0.25, -0.2) is 4.68 Å². The van der Waals surface area contributed by atoms with Crippen molar-refractivity contribution in [3.05, 3.63) is 71.0 Å². The van der Waals surface area contributed by atoms with Crippen molar-refractivity contribution in [3.8, 4) is 11.4 Å². The van der Waals surface area contributed by atoms with Gasteiger partial charge in [0.25, 0.3) is 11.8 Å². The fourth-order valence-electron chi connectivity index (χ4n) is 3.84. The summed E-state index contributed by atoms with van der Waals surface area (Å²) in [5, 5.41) is 11.3. The van der Waals surface area contributed by atoms with Crippen molar-refractivity contribution in [1.82, 2.24) is 25.2 Å². The summed E-state index contributed by atoms with van der Waals surface area (Å²) in [6.07, 6.45) is 3.03. The standard InChI is InChI=1S/C24H27N5O3/c1-16-8-9-19(14-17(16)2)29-15-21(26-27-29)24(31)28-12-10-18(11-13-28)25-23(30)20-6-4-5-7-22(20)32-3/h4-9,14-15,18H,10-13H2,1-3H3,(H,25,30). The third-order valence-corrected chi connectivity index (χ3v) is 5.94. The number of hydrogen-bond donors (Lipinski definition) is 1. The average molecular weight is 434 g/mol. The number of nitrogens with zero attached hydrogens (tertiary/aromatic N) is 4. The lowest BCUT2D eigenvalue weighted by Crippen LogP contribution is -2.46. The zero-order chi connectivity index (χ0) is 22.7. The summed E-state index contributed by atoms with van der Waals surface area (Å²) in [4.78, 5) is 27.3. The Labute approximate surface area is 187 Å². The first-order chi connectivity index (χ1) is 15.5. The minimum Gasteiger partial charge on any atom is -0.496 e. The highest BCUT2D eigenvalue weighted by atomic mass is 16.5. The van der Waals surface area contributed by atoms with Crippen LogP contribution in [0.15, 0.2) is 48.7 Å². The molecule has 1 fully saturated rings. The monoisotopic (exact) mass is 433 g/mol. The van der Waals surface area contributed by atoms with Crippen LogP contribution in [0.4, 0.5) is 0 Å². The van der Waals surface area contributed by atoms with Crippen LogP contribution < -0.4 is 10.1 Å². The molecule has 0 atom stereocenters. The summed E-state index contributed by atoms with van der Waals surface area (Å²) in [5.41, 5.74) is 4.06. The molecule has 1 saturated heterocycles. The number of likely N-dealkylation sites (tertiary alicyclic amines) is 1. The van der Waals surface area contributed by atoms with Crippen LogP contribution in [0.25, 0.3) is 5.69 Å². The van der Waals surface area contributed by atoms with E-state index in [0.717, 1.165) is 11.3 Å².